The molecule has 6 heteroatoms. The number of carbonyl (C=O) groups excluding carboxylic acids is 2. The first-order valence-corrected chi connectivity index (χ1v) is 9.38. The van der Waals surface area contributed by atoms with E-state index in [0.717, 1.165) is 6.42 Å². The quantitative estimate of drug-likeness (QED) is 0.846. The van der Waals surface area contributed by atoms with Crippen LogP contribution >= 0.6 is 0 Å². The Kier molecular flexibility index (Phi) is 5.78. The van der Waals surface area contributed by atoms with E-state index < -0.39 is 11.9 Å². The predicted molar refractivity (Wildman–Crippen MR) is 107 cm³/mol. The number of carbonyl (C=O) groups is 3. The molecule has 2 N–H and O–H groups in total. The highest BCUT2D eigenvalue weighted by Gasteiger charge is 2.27. The molecule has 28 heavy (non-hydrogen) atoms. The largest absolute Gasteiger partial charge is 0.478 e. The summed E-state index contributed by atoms with van der Waals surface area (Å²) in [5, 5.41) is 11.9. The second-order valence-corrected chi connectivity index (χ2v) is 7.54. The summed E-state index contributed by atoms with van der Waals surface area (Å²) in [6.45, 7) is 5.68. The number of aromatic carboxylic acids is 1. The minimum absolute atomic E-state index is 0.0355. The first-order valence-electron chi connectivity index (χ1n) is 9.38. The van der Waals surface area contributed by atoms with Crippen LogP contribution in [0.5, 0.6) is 0 Å². The molecule has 0 saturated carbocycles. The van der Waals surface area contributed by atoms with Gasteiger partial charge in [0.25, 0.3) is 11.8 Å². The highest BCUT2D eigenvalue weighted by atomic mass is 16.4. The van der Waals surface area contributed by atoms with E-state index in [0.29, 0.717) is 36.2 Å². The molecule has 3 rings (SSSR count). The van der Waals surface area contributed by atoms with Crippen molar-refractivity contribution in [3.8, 4) is 0 Å². The van der Waals surface area contributed by atoms with Gasteiger partial charge in [-0.1, -0.05) is 32.0 Å². The third-order valence-electron chi connectivity index (χ3n) is 4.93. The zero-order valence-electron chi connectivity index (χ0n) is 16.0. The fourth-order valence-electron chi connectivity index (χ4n) is 3.77. The van der Waals surface area contributed by atoms with Crippen LogP contribution in [0.25, 0.3) is 0 Å². The number of benzene rings is 2. The molecule has 0 bridgehead atoms. The number of nitrogens with zero attached hydrogens (tertiary/aromatic N) is 1. The molecule has 2 amide bonds. The average Bonchev–Trinajstić information content (AvgIpc) is 2.67. The lowest BCUT2D eigenvalue weighted by Crippen LogP contribution is -2.42. The topological polar surface area (TPSA) is 86.7 Å². The molecule has 0 aromatic heterocycles. The Morgan fingerprint density at radius 3 is 2.29 bits per heavy atom. The Morgan fingerprint density at radius 2 is 1.61 bits per heavy atom. The van der Waals surface area contributed by atoms with Gasteiger partial charge < -0.3 is 15.3 Å². The SMILES string of the molecule is CC1CC(C)CN(C(=O)c2ccccc2NC(=O)c2cccc(C(=O)O)c2)C1. The second kappa shape index (κ2) is 8.25. The molecular formula is C22H24N2O4. The standard InChI is InChI=1S/C22H24N2O4/c1-14-10-15(2)13-24(12-14)21(26)18-8-3-4-9-19(18)23-20(25)16-6-5-7-17(11-16)22(27)28/h3-9,11,14-15H,10,12-13H2,1-2H3,(H,23,25)(H,27,28). The van der Waals surface area contributed by atoms with Crippen LogP contribution in [0.1, 0.15) is 51.3 Å². The molecule has 1 aliphatic heterocycles. The second-order valence-electron chi connectivity index (χ2n) is 7.54. The molecule has 2 aromatic carbocycles. The summed E-state index contributed by atoms with van der Waals surface area (Å²) in [5.41, 5.74) is 1.12. The summed E-state index contributed by atoms with van der Waals surface area (Å²) >= 11 is 0. The summed E-state index contributed by atoms with van der Waals surface area (Å²) in [4.78, 5) is 38.7. The zero-order chi connectivity index (χ0) is 20.3. The molecular weight excluding hydrogens is 356 g/mol. The van der Waals surface area contributed by atoms with Crippen molar-refractivity contribution in [2.75, 3.05) is 18.4 Å². The molecule has 0 spiro atoms. The minimum Gasteiger partial charge on any atom is -0.478 e. The summed E-state index contributed by atoms with van der Waals surface area (Å²) in [5.74, 6) is -0.780. The van der Waals surface area contributed by atoms with Crippen molar-refractivity contribution in [3.63, 3.8) is 0 Å². The van der Waals surface area contributed by atoms with Crippen molar-refractivity contribution >= 4 is 23.5 Å². The van der Waals surface area contributed by atoms with Gasteiger partial charge in [0.2, 0.25) is 0 Å². The Balaban J connectivity index is 1.82. The van der Waals surface area contributed by atoms with E-state index in [4.69, 9.17) is 5.11 Å². The van der Waals surface area contributed by atoms with Crippen LogP contribution in [0, 0.1) is 11.8 Å². The van der Waals surface area contributed by atoms with Crippen LogP contribution in [-0.2, 0) is 0 Å². The monoisotopic (exact) mass is 380 g/mol. The smallest absolute Gasteiger partial charge is 0.335 e. The van der Waals surface area contributed by atoms with Crippen LogP contribution in [-0.4, -0.2) is 40.9 Å². The number of piperidine rings is 1. The molecule has 1 fully saturated rings. The number of para-hydroxylation sites is 1. The van der Waals surface area contributed by atoms with E-state index in [2.05, 4.69) is 19.2 Å². The molecule has 1 aliphatic rings. The fraction of sp³-hybridized carbons (Fsp3) is 0.318. The number of rotatable bonds is 4. The maximum absolute atomic E-state index is 13.1. The fourth-order valence-corrected chi connectivity index (χ4v) is 3.77. The van der Waals surface area contributed by atoms with Crippen LogP contribution in [0.15, 0.2) is 48.5 Å². The van der Waals surface area contributed by atoms with Gasteiger partial charge in [-0.2, -0.15) is 0 Å². The molecule has 0 aliphatic carbocycles. The van der Waals surface area contributed by atoms with Gasteiger partial charge in [-0.15, -0.1) is 0 Å². The summed E-state index contributed by atoms with van der Waals surface area (Å²) in [6.07, 6.45) is 1.10. The van der Waals surface area contributed by atoms with Gasteiger partial charge in [0.05, 0.1) is 16.8 Å². The average molecular weight is 380 g/mol. The number of hydrogen-bond acceptors (Lipinski definition) is 3. The highest BCUT2D eigenvalue weighted by molar-refractivity contribution is 6.09. The molecule has 2 aromatic rings. The van der Waals surface area contributed by atoms with E-state index in [-0.39, 0.29) is 17.0 Å². The first-order chi connectivity index (χ1) is 13.3. The van der Waals surface area contributed by atoms with Crippen LogP contribution in [0.2, 0.25) is 0 Å². The van der Waals surface area contributed by atoms with Crippen molar-refractivity contribution in [2.24, 2.45) is 11.8 Å². The maximum atomic E-state index is 13.1. The number of nitrogens with one attached hydrogen (secondary N) is 1. The maximum Gasteiger partial charge on any atom is 0.335 e. The summed E-state index contributed by atoms with van der Waals surface area (Å²) in [7, 11) is 0. The van der Waals surface area contributed by atoms with Gasteiger partial charge >= 0.3 is 5.97 Å². The van der Waals surface area contributed by atoms with Gasteiger partial charge in [0, 0.05) is 18.7 Å². The summed E-state index contributed by atoms with van der Waals surface area (Å²) < 4.78 is 0. The zero-order valence-corrected chi connectivity index (χ0v) is 16.0. The first kappa shape index (κ1) is 19.6. The van der Waals surface area contributed by atoms with E-state index in [1.165, 1.54) is 18.2 Å². The van der Waals surface area contributed by atoms with Crippen molar-refractivity contribution in [3.05, 3.63) is 65.2 Å². The Labute approximate surface area is 164 Å². The lowest BCUT2D eigenvalue weighted by Gasteiger charge is -2.35. The van der Waals surface area contributed by atoms with E-state index >= 15 is 0 Å². The highest BCUT2D eigenvalue weighted by Crippen LogP contribution is 2.25. The van der Waals surface area contributed by atoms with Crippen molar-refractivity contribution in [1.29, 1.82) is 0 Å². The Hall–Kier alpha value is -3.15. The van der Waals surface area contributed by atoms with Crippen LogP contribution in [0.4, 0.5) is 5.69 Å². The number of likely N-dealkylation sites (tertiary alicyclic amines) is 1. The van der Waals surface area contributed by atoms with Gasteiger partial charge in [-0.05, 0) is 48.6 Å². The minimum atomic E-state index is -1.10. The van der Waals surface area contributed by atoms with E-state index in [1.54, 1.807) is 30.3 Å². The molecule has 146 valence electrons. The number of anilines is 1. The summed E-state index contributed by atoms with van der Waals surface area (Å²) in [6, 6.07) is 12.7. The Bertz CT molecular complexity index is 899. The predicted octanol–water partition coefficient (Wildman–Crippen LogP) is 3.76. The van der Waals surface area contributed by atoms with Crippen molar-refractivity contribution in [2.45, 2.75) is 20.3 Å². The lowest BCUT2D eigenvalue weighted by atomic mass is 9.91. The third kappa shape index (κ3) is 4.39. The Morgan fingerprint density at radius 1 is 0.964 bits per heavy atom. The number of amides is 2. The number of carboxylic acid groups (broad SMARTS) is 1. The third-order valence-corrected chi connectivity index (χ3v) is 4.93. The normalized spacial score (nSPS) is 19.1. The molecule has 6 nitrogen and oxygen atoms in total. The molecule has 0 radical (unpaired) electrons. The van der Waals surface area contributed by atoms with Gasteiger partial charge in [0.15, 0.2) is 0 Å². The van der Waals surface area contributed by atoms with Crippen molar-refractivity contribution < 1.29 is 19.5 Å². The number of carboxylic acids is 1. The number of hydrogen-bond donors (Lipinski definition) is 2. The molecule has 2 unspecified atom stereocenters. The van der Waals surface area contributed by atoms with Crippen molar-refractivity contribution in [1.82, 2.24) is 4.90 Å². The van der Waals surface area contributed by atoms with Gasteiger partial charge in [-0.25, -0.2) is 4.79 Å². The lowest BCUT2D eigenvalue weighted by molar-refractivity contribution is 0.0623. The van der Waals surface area contributed by atoms with Crippen LogP contribution < -0.4 is 5.32 Å². The van der Waals surface area contributed by atoms with E-state index in [9.17, 15) is 14.4 Å². The van der Waals surface area contributed by atoms with Gasteiger partial charge in [-0.3, -0.25) is 9.59 Å². The molecule has 2 atom stereocenters. The van der Waals surface area contributed by atoms with Gasteiger partial charge in [0.1, 0.15) is 0 Å². The van der Waals surface area contributed by atoms with Crippen LogP contribution in [0.3, 0.4) is 0 Å². The van der Waals surface area contributed by atoms with E-state index in [1.807, 2.05) is 4.90 Å². The molecule has 1 saturated heterocycles. The molecule has 1 heterocycles.